The third kappa shape index (κ3) is 5.51. The normalized spacial score (nSPS) is 29.4. The van der Waals surface area contributed by atoms with Crippen LogP contribution in [0.4, 0.5) is 0 Å². The molecule has 1 heterocycles. The van der Waals surface area contributed by atoms with Gasteiger partial charge in [-0.25, -0.2) is 0 Å². The summed E-state index contributed by atoms with van der Waals surface area (Å²) in [4.78, 5) is 2.48. The summed E-state index contributed by atoms with van der Waals surface area (Å²) in [6.45, 7) is 11.8. The Kier molecular flexibility index (Phi) is 5.69. The first-order chi connectivity index (χ1) is 9.78. The lowest BCUT2D eigenvalue weighted by atomic mass is 9.78. The Balaban J connectivity index is 1.85. The maximum atomic E-state index is 9.43. The van der Waals surface area contributed by atoms with Gasteiger partial charge in [0.05, 0.1) is 6.10 Å². The maximum absolute atomic E-state index is 9.43. The van der Waals surface area contributed by atoms with Crippen molar-refractivity contribution in [1.82, 2.24) is 10.2 Å². The van der Waals surface area contributed by atoms with E-state index in [1.54, 1.807) is 0 Å². The molecule has 4 nitrogen and oxygen atoms in total. The van der Waals surface area contributed by atoms with E-state index < -0.39 is 0 Å². The minimum atomic E-state index is -0.0389. The molecule has 0 aromatic heterocycles. The van der Waals surface area contributed by atoms with Crippen LogP contribution in [-0.4, -0.2) is 61.5 Å². The molecule has 2 fully saturated rings. The molecule has 0 aromatic rings. The van der Waals surface area contributed by atoms with E-state index in [-0.39, 0.29) is 11.6 Å². The second kappa shape index (κ2) is 6.95. The van der Waals surface area contributed by atoms with Crippen LogP contribution in [0.3, 0.4) is 0 Å². The van der Waals surface area contributed by atoms with Crippen LogP contribution < -0.4 is 5.32 Å². The minimum absolute atomic E-state index is 0.0389. The Morgan fingerprint density at radius 3 is 2.38 bits per heavy atom. The summed E-state index contributed by atoms with van der Waals surface area (Å²) >= 11 is 0. The van der Waals surface area contributed by atoms with Crippen molar-refractivity contribution in [3.63, 3.8) is 0 Å². The van der Waals surface area contributed by atoms with E-state index in [9.17, 15) is 5.11 Å². The molecule has 21 heavy (non-hydrogen) atoms. The fourth-order valence-corrected chi connectivity index (χ4v) is 3.58. The van der Waals surface area contributed by atoms with Gasteiger partial charge in [-0.1, -0.05) is 0 Å². The number of nitrogens with zero attached hydrogens (tertiary/aromatic N) is 1. The minimum Gasteiger partial charge on any atom is -0.393 e. The molecular weight excluding hydrogens is 264 g/mol. The van der Waals surface area contributed by atoms with Crippen molar-refractivity contribution in [2.75, 3.05) is 39.9 Å². The number of aliphatic hydroxyl groups is 1. The second-order valence-electron chi connectivity index (χ2n) is 8.40. The number of ether oxygens (including phenoxy) is 1. The fourth-order valence-electron chi connectivity index (χ4n) is 3.58. The van der Waals surface area contributed by atoms with E-state index >= 15 is 0 Å². The van der Waals surface area contributed by atoms with E-state index in [1.807, 2.05) is 0 Å². The summed E-state index contributed by atoms with van der Waals surface area (Å²) in [5.74, 6) is 0.692. The summed E-state index contributed by atoms with van der Waals surface area (Å²) in [5, 5.41) is 13.1. The summed E-state index contributed by atoms with van der Waals surface area (Å²) in [6, 6.07) is 0. The molecule has 0 amide bonds. The lowest BCUT2D eigenvalue weighted by molar-refractivity contribution is -0.0159. The maximum Gasteiger partial charge on any atom is 0.0546 e. The van der Waals surface area contributed by atoms with Crippen molar-refractivity contribution in [3.8, 4) is 0 Å². The van der Waals surface area contributed by atoms with Crippen LogP contribution in [0.1, 0.15) is 46.5 Å². The summed E-state index contributed by atoms with van der Waals surface area (Å²) in [7, 11) is 2.24. The zero-order chi connectivity index (χ0) is 15.5. The third-order valence-corrected chi connectivity index (χ3v) is 4.93. The Labute approximate surface area is 130 Å². The van der Waals surface area contributed by atoms with Gasteiger partial charge in [-0.2, -0.15) is 0 Å². The lowest BCUT2D eigenvalue weighted by Gasteiger charge is -2.43. The third-order valence-electron chi connectivity index (χ3n) is 4.93. The molecule has 0 bridgehead atoms. The molecule has 2 N–H and O–H groups in total. The molecule has 1 saturated carbocycles. The van der Waals surface area contributed by atoms with Crippen molar-refractivity contribution in [1.29, 1.82) is 0 Å². The van der Waals surface area contributed by atoms with Gasteiger partial charge in [0, 0.05) is 38.4 Å². The lowest BCUT2D eigenvalue weighted by Crippen LogP contribution is -2.51. The quantitative estimate of drug-likeness (QED) is 0.786. The van der Waals surface area contributed by atoms with Crippen molar-refractivity contribution in [2.45, 2.75) is 58.1 Å². The van der Waals surface area contributed by atoms with Crippen LogP contribution in [0.2, 0.25) is 0 Å². The topological polar surface area (TPSA) is 44.7 Å². The second-order valence-corrected chi connectivity index (χ2v) is 8.40. The zero-order valence-electron chi connectivity index (χ0n) is 14.3. The Hall–Kier alpha value is -0.160. The van der Waals surface area contributed by atoms with Crippen LogP contribution >= 0.6 is 0 Å². The predicted molar refractivity (Wildman–Crippen MR) is 86.5 cm³/mol. The van der Waals surface area contributed by atoms with Crippen LogP contribution in [0.5, 0.6) is 0 Å². The number of hydrogen-bond acceptors (Lipinski definition) is 4. The summed E-state index contributed by atoms with van der Waals surface area (Å²) < 4.78 is 5.59. The first kappa shape index (κ1) is 17.2. The van der Waals surface area contributed by atoms with E-state index in [0.717, 1.165) is 58.5 Å². The average molecular weight is 298 g/mol. The van der Waals surface area contributed by atoms with E-state index in [0.29, 0.717) is 11.3 Å². The SMILES string of the molecule is CN(CC1CC(O)C1)CC1(CNC(C)(C)C)CCOCC1. The highest BCUT2D eigenvalue weighted by molar-refractivity contribution is 4.90. The van der Waals surface area contributed by atoms with Crippen molar-refractivity contribution >= 4 is 0 Å². The molecule has 1 aliphatic carbocycles. The highest BCUT2D eigenvalue weighted by atomic mass is 16.5. The van der Waals surface area contributed by atoms with Crippen molar-refractivity contribution in [3.05, 3.63) is 0 Å². The van der Waals surface area contributed by atoms with Crippen molar-refractivity contribution in [2.24, 2.45) is 11.3 Å². The molecule has 0 radical (unpaired) electrons. The molecule has 0 unspecified atom stereocenters. The number of nitrogens with one attached hydrogen (secondary N) is 1. The standard InChI is InChI=1S/C17H34N2O2/c1-16(2,3)18-12-17(5-7-21-8-6-17)13-19(4)11-14-9-15(20)10-14/h14-15,18,20H,5-13H2,1-4H3. The molecule has 4 heteroatoms. The van der Waals surface area contributed by atoms with Crippen molar-refractivity contribution < 1.29 is 9.84 Å². The molecule has 124 valence electrons. The first-order valence-electron chi connectivity index (χ1n) is 8.47. The molecule has 2 rings (SSSR count). The Morgan fingerprint density at radius 2 is 1.86 bits per heavy atom. The van der Waals surface area contributed by atoms with E-state index in [4.69, 9.17) is 4.74 Å². The molecular formula is C17H34N2O2. The molecule has 0 aromatic carbocycles. The smallest absolute Gasteiger partial charge is 0.0546 e. The highest BCUT2D eigenvalue weighted by Gasteiger charge is 2.36. The van der Waals surface area contributed by atoms with Gasteiger partial charge in [-0.15, -0.1) is 0 Å². The van der Waals surface area contributed by atoms with Crippen LogP contribution in [0.25, 0.3) is 0 Å². The molecule has 0 atom stereocenters. The van der Waals surface area contributed by atoms with Gasteiger partial charge in [-0.05, 0) is 64.8 Å². The molecule has 0 spiro atoms. The van der Waals surface area contributed by atoms with Gasteiger partial charge in [-0.3, -0.25) is 0 Å². The summed E-state index contributed by atoms with van der Waals surface area (Å²) in [6.07, 6.45) is 4.23. The predicted octanol–water partition coefficient (Wildman–Crippen LogP) is 1.87. The van der Waals surface area contributed by atoms with Gasteiger partial charge in [0.15, 0.2) is 0 Å². The Morgan fingerprint density at radius 1 is 1.24 bits per heavy atom. The number of aliphatic hydroxyl groups excluding tert-OH is 1. The fraction of sp³-hybridized carbons (Fsp3) is 1.00. The molecule has 1 aliphatic heterocycles. The Bertz CT molecular complexity index is 315. The first-order valence-corrected chi connectivity index (χ1v) is 8.47. The number of hydrogen-bond donors (Lipinski definition) is 2. The highest BCUT2D eigenvalue weighted by Crippen LogP contribution is 2.33. The van der Waals surface area contributed by atoms with E-state index in [2.05, 4.69) is 38.0 Å². The molecule has 2 aliphatic rings. The monoisotopic (exact) mass is 298 g/mol. The van der Waals surface area contributed by atoms with Crippen LogP contribution in [-0.2, 0) is 4.74 Å². The summed E-state index contributed by atoms with van der Waals surface area (Å²) in [5.41, 5.74) is 0.505. The van der Waals surface area contributed by atoms with Crippen LogP contribution in [0.15, 0.2) is 0 Å². The van der Waals surface area contributed by atoms with E-state index in [1.165, 1.54) is 0 Å². The number of rotatable bonds is 6. The van der Waals surface area contributed by atoms with Gasteiger partial charge < -0.3 is 20.1 Å². The zero-order valence-corrected chi connectivity index (χ0v) is 14.3. The largest absolute Gasteiger partial charge is 0.393 e. The van der Waals surface area contributed by atoms with Gasteiger partial charge >= 0.3 is 0 Å². The van der Waals surface area contributed by atoms with Gasteiger partial charge in [0.2, 0.25) is 0 Å². The molecule has 1 saturated heterocycles. The van der Waals surface area contributed by atoms with Gasteiger partial charge in [0.25, 0.3) is 0 Å². The van der Waals surface area contributed by atoms with Crippen LogP contribution in [0, 0.1) is 11.3 Å². The average Bonchev–Trinajstić information content (AvgIpc) is 2.35. The van der Waals surface area contributed by atoms with Gasteiger partial charge in [0.1, 0.15) is 0 Å².